The fraction of sp³-hybridized carbons (Fsp3) is 0.588. The Morgan fingerprint density at radius 3 is 2.68 bits per heavy atom. The van der Waals surface area contributed by atoms with Gasteiger partial charge in [0, 0.05) is 35.3 Å². The van der Waals surface area contributed by atoms with E-state index in [2.05, 4.69) is 31.5 Å². The van der Waals surface area contributed by atoms with Gasteiger partial charge in [0.05, 0.1) is 6.54 Å². The maximum Gasteiger partial charge on any atom is 0.238 e. The molecule has 1 aromatic rings. The average Bonchev–Trinajstić information content (AvgIpc) is 2.53. The molecule has 0 bridgehead atoms. The van der Waals surface area contributed by atoms with Gasteiger partial charge >= 0.3 is 0 Å². The zero-order chi connectivity index (χ0) is 15.4. The SMILES string of the molecule is O=C(CN1CCNCC12CCCCC2)Nc1ccc(Br)cc1. The smallest absolute Gasteiger partial charge is 0.238 e. The number of nitrogens with one attached hydrogen (secondary N) is 2. The van der Waals surface area contributed by atoms with Crippen LogP contribution in [0.25, 0.3) is 0 Å². The van der Waals surface area contributed by atoms with Gasteiger partial charge in [-0.3, -0.25) is 9.69 Å². The molecule has 4 nitrogen and oxygen atoms in total. The van der Waals surface area contributed by atoms with Gasteiger partial charge in [-0.1, -0.05) is 35.2 Å². The Morgan fingerprint density at radius 2 is 1.95 bits per heavy atom. The molecule has 0 aromatic heterocycles. The Balaban J connectivity index is 1.62. The molecule has 2 aliphatic rings. The standard InChI is InChI=1S/C17H24BrN3O/c18-14-4-6-15(7-5-14)20-16(22)12-21-11-10-19-13-17(21)8-2-1-3-9-17/h4-7,19H,1-3,8-13H2,(H,20,22). The second kappa shape index (κ2) is 7.11. The molecule has 1 spiro atoms. The van der Waals surface area contributed by atoms with Crippen LogP contribution in [-0.4, -0.2) is 42.5 Å². The number of anilines is 1. The van der Waals surface area contributed by atoms with Crippen LogP contribution in [-0.2, 0) is 4.79 Å². The molecular formula is C17H24BrN3O. The van der Waals surface area contributed by atoms with E-state index in [1.807, 2.05) is 24.3 Å². The Hall–Kier alpha value is -0.910. The molecular weight excluding hydrogens is 342 g/mol. The van der Waals surface area contributed by atoms with E-state index in [9.17, 15) is 4.79 Å². The average molecular weight is 366 g/mol. The van der Waals surface area contributed by atoms with Crippen LogP contribution in [0.4, 0.5) is 5.69 Å². The lowest BCUT2D eigenvalue weighted by Gasteiger charge is -2.49. The molecule has 1 saturated carbocycles. The van der Waals surface area contributed by atoms with Crippen molar-refractivity contribution in [3.63, 3.8) is 0 Å². The van der Waals surface area contributed by atoms with E-state index in [0.29, 0.717) is 6.54 Å². The fourth-order valence-corrected chi connectivity index (χ4v) is 4.01. The van der Waals surface area contributed by atoms with E-state index in [0.717, 1.165) is 29.8 Å². The quantitative estimate of drug-likeness (QED) is 0.865. The highest BCUT2D eigenvalue weighted by Gasteiger charge is 2.40. The van der Waals surface area contributed by atoms with Crippen LogP contribution >= 0.6 is 15.9 Å². The molecule has 1 aliphatic heterocycles. The first-order valence-corrected chi connectivity index (χ1v) is 8.98. The molecule has 0 unspecified atom stereocenters. The number of carbonyl (C=O) groups is 1. The molecule has 1 heterocycles. The largest absolute Gasteiger partial charge is 0.325 e. The summed E-state index contributed by atoms with van der Waals surface area (Å²) in [7, 11) is 0. The van der Waals surface area contributed by atoms with Crippen molar-refractivity contribution in [1.29, 1.82) is 0 Å². The van der Waals surface area contributed by atoms with Crippen LogP contribution in [0.15, 0.2) is 28.7 Å². The molecule has 1 aromatic carbocycles. The summed E-state index contributed by atoms with van der Waals surface area (Å²) in [5, 5.41) is 6.54. The molecule has 22 heavy (non-hydrogen) atoms. The molecule has 2 N–H and O–H groups in total. The molecule has 2 fully saturated rings. The van der Waals surface area contributed by atoms with E-state index in [4.69, 9.17) is 0 Å². The minimum Gasteiger partial charge on any atom is -0.325 e. The number of hydrogen-bond donors (Lipinski definition) is 2. The van der Waals surface area contributed by atoms with Crippen LogP contribution in [0.2, 0.25) is 0 Å². The van der Waals surface area contributed by atoms with Crippen LogP contribution in [0, 0.1) is 0 Å². The molecule has 5 heteroatoms. The number of carbonyl (C=O) groups excluding carboxylic acids is 1. The molecule has 3 rings (SSSR count). The van der Waals surface area contributed by atoms with Crippen LogP contribution in [0.1, 0.15) is 32.1 Å². The van der Waals surface area contributed by atoms with Crippen molar-refractivity contribution in [2.24, 2.45) is 0 Å². The number of halogens is 1. The molecule has 120 valence electrons. The number of benzene rings is 1. The fourth-order valence-electron chi connectivity index (χ4n) is 3.74. The van der Waals surface area contributed by atoms with Crippen LogP contribution < -0.4 is 10.6 Å². The van der Waals surface area contributed by atoms with E-state index < -0.39 is 0 Å². The zero-order valence-corrected chi connectivity index (χ0v) is 14.5. The predicted molar refractivity (Wildman–Crippen MR) is 93.0 cm³/mol. The highest BCUT2D eigenvalue weighted by Crippen LogP contribution is 2.34. The summed E-state index contributed by atoms with van der Waals surface area (Å²) < 4.78 is 1.02. The first kappa shape index (κ1) is 16.0. The summed E-state index contributed by atoms with van der Waals surface area (Å²) in [5.74, 6) is 0.0918. The van der Waals surface area contributed by atoms with Crippen molar-refractivity contribution < 1.29 is 4.79 Å². The van der Waals surface area contributed by atoms with Crippen molar-refractivity contribution in [3.05, 3.63) is 28.7 Å². The maximum absolute atomic E-state index is 12.4. The summed E-state index contributed by atoms with van der Waals surface area (Å²) in [4.78, 5) is 14.8. The first-order chi connectivity index (χ1) is 10.7. The summed E-state index contributed by atoms with van der Waals surface area (Å²) in [5.41, 5.74) is 1.06. The molecule has 1 amide bonds. The van der Waals surface area contributed by atoms with E-state index in [1.165, 1.54) is 32.1 Å². The third-order valence-electron chi connectivity index (χ3n) is 4.93. The lowest BCUT2D eigenvalue weighted by Crippen LogP contribution is -2.63. The minimum absolute atomic E-state index is 0.0918. The van der Waals surface area contributed by atoms with Gasteiger partial charge in [-0.25, -0.2) is 0 Å². The number of hydrogen-bond acceptors (Lipinski definition) is 3. The molecule has 0 radical (unpaired) electrons. The van der Waals surface area contributed by atoms with Gasteiger partial charge in [0.15, 0.2) is 0 Å². The topological polar surface area (TPSA) is 44.4 Å². The first-order valence-electron chi connectivity index (χ1n) is 8.19. The van der Waals surface area contributed by atoms with Crippen molar-refractivity contribution >= 4 is 27.5 Å². The second-order valence-corrected chi connectivity index (χ2v) is 7.35. The predicted octanol–water partition coefficient (Wildman–Crippen LogP) is 3.00. The van der Waals surface area contributed by atoms with Crippen LogP contribution in [0.3, 0.4) is 0 Å². The third-order valence-corrected chi connectivity index (χ3v) is 5.46. The van der Waals surface area contributed by atoms with E-state index in [1.54, 1.807) is 0 Å². The van der Waals surface area contributed by atoms with Gasteiger partial charge in [0.2, 0.25) is 5.91 Å². The van der Waals surface area contributed by atoms with Gasteiger partial charge in [-0.2, -0.15) is 0 Å². The van der Waals surface area contributed by atoms with Crippen molar-refractivity contribution in [2.45, 2.75) is 37.6 Å². The number of piperazine rings is 1. The Bertz CT molecular complexity index is 503. The third kappa shape index (κ3) is 3.70. The van der Waals surface area contributed by atoms with E-state index >= 15 is 0 Å². The Morgan fingerprint density at radius 1 is 1.23 bits per heavy atom. The summed E-state index contributed by atoms with van der Waals surface area (Å²) in [6, 6.07) is 7.75. The summed E-state index contributed by atoms with van der Waals surface area (Å²) >= 11 is 3.41. The van der Waals surface area contributed by atoms with Gasteiger partial charge < -0.3 is 10.6 Å². The summed E-state index contributed by atoms with van der Waals surface area (Å²) in [6.07, 6.45) is 6.33. The highest BCUT2D eigenvalue weighted by atomic mass is 79.9. The van der Waals surface area contributed by atoms with Crippen molar-refractivity contribution in [3.8, 4) is 0 Å². The van der Waals surface area contributed by atoms with Gasteiger partial charge in [-0.05, 0) is 37.1 Å². The van der Waals surface area contributed by atoms with Gasteiger partial charge in [0.1, 0.15) is 0 Å². The Kier molecular flexibility index (Phi) is 5.16. The van der Waals surface area contributed by atoms with Crippen LogP contribution in [0.5, 0.6) is 0 Å². The van der Waals surface area contributed by atoms with Gasteiger partial charge in [-0.15, -0.1) is 0 Å². The molecule has 1 aliphatic carbocycles. The van der Waals surface area contributed by atoms with Crippen molar-refractivity contribution in [2.75, 3.05) is 31.5 Å². The minimum atomic E-state index is 0.0918. The normalized spacial score (nSPS) is 21.7. The zero-order valence-electron chi connectivity index (χ0n) is 12.9. The molecule has 1 saturated heterocycles. The second-order valence-electron chi connectivity index (χ2n) is 6.44. The summed E-state index contributed by atoms with van der Waals surface area (Å²) in [6.45, 7) is 3.47. The lowest BCUT2D eigenvalue weighted by atomic mass is 9.79. The van der Waals surface area contributed by atoms with Crippen molar-refractivity contribution in [1.82, 2.24) is 10.2 Å². The highest BCUT2D eigenvalue weighted by molar-refractivity contribution is 9.10. The number of rotatable bonds is 3. The van der Waals surface area contributed by atoms with Gasteiger partial charge in [0.25, 0.3) is 0 Å². The monoisotopic (exact) mass is 365 g/mol. The number of nitrogens with zero attached hydrogens (tertiary/aromatic N) is 1. The maximum atomic E-state index is 12.4. The number of amides is 1. The Labute approximate surface area is 140 Å². The molecule has 0 atom stereocenters. The lowest BCUT2D eigenvalue weighted by molar-refractivity contribution is -0.120. The van der Waals surface area contributed by atoms with E-state index in [-0.39, 0.29) is 11.4 Å².